The fourth-order valence-corrected chi connectivity index (χ4v) is 3.61. The van der Waals surface area contributed by atoms with Gasteiger partial charge in [-0.1, -0.05) is 32.9 Å². The van der Waals surface area contributed by atoms with Crippen molar-refractivity contribution in [2.45, 2.75) is 40.0 Å². The van der Waals surface area contributed by atoms with E-state index in [2.05, 4.69) is 59.9 Å². The number of rotatable bonds is 0. The number of hydrogen-bond donors (Lipinski definition) is 1. The van der Waals surface area contributed by atoms with E-state index in [1.807, 2.05) is 0 Å². The molecule has 1 N–H and O–H groups in total. The lowest BCUT2D eigenvalue weighted by Gasteiger charge is -2.34. The van der Waals surface area contributed by atoms with Gasteiger partial charge in [0.1, 0.15) is 0 Å². The van der Waals surface area contributed by atoms with Crippen molar-refractivity contribution in [3.63, 3.8) is 0 Å². The number of hydrogen-bond acceptors (Lipinski definition) is 0. The van der Waals surface area contributed by atoms with Crippen LogP contribution in [0.15, 0.2) is 22.7 Å². The van der Waals surface area contributed by atoms with Crippen molar-refractivity contribution in [3.8, 4) is 0 Å². The van der Waals surface area contributed by atoms with E-state index in [4.69, 9.17) is 0 Å². The van der Waals surface area contributed by atoms with E-state index < -0.39 is 0 Å². The summed E-state index contributed by atoms with van der Waals surface area (Å²) >= 11 is 3.65. The Balaban J connectivity index is 2.10. The molecular formula is C16H20BrN. The summed E-state index contributed by atoms with van der Waals surface area (Å²) in [7, 11) is 0. The smallest absolute Gasteiger partial charge is 0.0603 e. The number of nitrogens with one attached hydrogen (secondary N) is 1. The monoisotopic (exact) mass is 305 g/mol. The summed E-state index contributed by atoms with van der Waals surface area (Å²) in [5.74, 6) is 0.794. The number of fused-ring (bicyclic) bond motifs is 3. The molecule has 0 radical (unpaired) electrons. The van der Waals surface area contributed by atoms with Gasteiger partial charge in [-0.15, -0.1) is 0 Å². The van der Waals surface area contributed by atoms with Crippen LogP contribution in [0.25, 0.3) is 10.9 Å². The Morgan fingerprint density at radius 1 is 1.28 bits per heavy atom. The molecule has 2 aromatic rings. The Labute approximate surface area is 117 Å². The minimum Gasteiger partial charge on any atom is -0.357 e. The second-order valence-electron chi connectivity index (χ2n) is 6.55. The molecule has 1 aromatic heterocycles. The van der Waals surface area contributed by atoms with Gasteiger partial charge < -0.3 is 4.98 Å². The van der Waals surface area contributed by atoms with E-state index in [1.54, 1.807) is 5.56 Å². The lowest BCUT2D eigenvalue weighted by Crippen LogP contribution is -2.26. The van der Waals surface area contributed by atoms with Crippen LogP contribution in [0.5, 0.6) is 0 Å². The number of benzene rings is 1. The molecule has 0 bridgehead atoms. The Kier molecular flexibility index (Phi) is 2.81. The summed E-state index contributed by atoms with van der Waals surface area (Å²) in [6, 6.07) is 6.51. The van der Waals surface area contributed by atoms with Crippen LogP contribution in [0.2, 0.25) is 0 Å². The summed E-state index contributed by atoms with van der Waals surface area (Å²) in [4.78, 5) is 3.61. The molecule has 1 aliphatic carbocycles. The maximum absolute atomic E-state index is 3.65. The molecule has 0 aliphatic heterocycles. The average molecular weight is 306 g/mol. The number of aromatic nitrogens is 1. The van der Waals surface area contributed by atoms with Crippen molar-refractivity contribution < 1.29 is 0 Å². The number of aryl methyl sites for hydroxylation is 1. The number of aromatic amines is 1. The molecule has 0 saturated heterocycles. The lowest BCUT2D eigenvalue weighted by molar-refractivity contribution is 0.216. The van der Waals surface area contributed by atoms with Crippen LogP contribution in [-0.4, -0.2) is 4.98 Å². The van der Waals surface area contributed by atoms with Gasteiger partial charge in [0.2, 0.25) is 0 Å². The van der Waals surface area contributed by atoms with E-state index in [-0.39, 0.29) is 0 Å². The maximum atomic E-state index is 3.65. The fourth-order valence-electron chi connectivity index (χ4n) is 3.14. The molecule has 1 atom stereocenters. The highest BCUT2D eigenvalue weighted by Crippen LogP contribution is 2.40. The Hall–Kier alpha value is -0.760. The second-order valence-corrected chi connectivity index (χ2v) is 7.40. The van der Waals surface area contributed by atoms with Crippen LogP contribution in [0.1, 0.15) is 38.4 Å². The van der Waals surface area contributed by atoms with E-state index in [0.717, 1.165) is 5.92 Å². The molecule has 0 amide bonds. The standard InChI is InChI=1S/C16H20BrN/c1-16(2,3)10-7-8-14-12(9-10)11-5-4-6-13(17)15(11)18-14/h4-6,10,18H,7-9H2,1-3H3. The summed E-state index contributed by atoms with van der Waals surface area (Å²) in [5, 5.41) is 1.41. The molecule has 1 aliphatic rings. The first-order valence-corrected chi connectivity index (χ1v) is 7.54. The zero-order chi connectivity index (χ0) is 12.9. The molecule has 0 saturated carbocycles. The van der Waals surface area contributed by atoms with E-state index >= 15 is 0 Å². The molecule has 0 fully saturated rings. The first-order chi connectivity index (χ1) is 8.47. The highest BCUT2D eigenvalue weighted by molar-refractivity contribution is 9.10. The van der Waals surface area contributed by atoms with Crippen LogP contribution in [0.3, 0.4) is 0 Å². The van der Waals surface area contributed by atoms with Crippen molar-refractivity contribution >= 4 is 26.8 Å². The summed E-state index contributed by atoms with van der Waals surface area (Å²) < 4.78 is 1.18. The van der Waals surface area contributed by atoms with Crippen molar-refractivity contribution in [3.05, 3.63) is 33.9 Å². The van der Waals surface area contributed by atoms with Crippen LogP contribution < -0.4 is 0 Å². The van der Waals surface area contributed by atoms with E-state index in [1.165, 1.54) is 40.3 Å². The first-order valence-electron chi connectivity index (χ1n) is 6.75. The molecule has 1 aromatic carbocycles. The molecule has 3 rings (SSSR count). The Morgan fingerprint density at radius 2 is 2.06 bits per heavy atom. The Morgan fingerprint density at radius 3 is 2.78 bits per heavy atom. The third-order valence-corrected chi connectivity index (χ3v) is 5.06. The SMILES string of the molecule is CC(C)(C)C1CCc2[nH]c3c(Br)cccc3c2C1. The predicted molar refractivity (Wildman–Crippen MR) is 81.0 cm³/mol. The summed E-state index contributed by atoms with van der Waals surface area (Å²) in [5.41, 5.74) is 4.69. The second kappa shape index (κ2) is 4.12. The largest absolute Gasteiger partial charge is 0.357 e. The zero-order valence-corrected chi connectivity index (χ0v) is 12.9. The molecule has 18 heavy (non-hydrogen) atoms. The number of halogens is 1. The van der Waals surface area contributed by atoms with Crippen LogP contribution >= 0.6 is 15.9 Å². The lowest BCUT2D eigenvalue weighted by atomic mass is 9.71. The average Bonchev–Trinajstić information content (AvgIpc) is 2.67. The fraction of sp³-hybridized carbons (Fsp3) is 0.500. The van der Waals surface area contributed by atoms with Crippen LogP contribution in [0, 0.1) is 11.3 Å². The van der Waals surface area contributed by atoms with Crippen molar-refractivity contribution in [1.82, 2.24) is 4.98 Å². The third kappa shape index (κ3) is 1.91. The minimum absolute atomic E-state index is 0.410. The maximum Gasteiger partial charge on any atom is 0.0603 e. The topological polar surface area (TPSA) is 15.8 Å². The molecule has 1 nitrogen and oxygen atoms in total. The van der Waals surface area contributed by atoms with Gasteiger partial charge >= 0.3 is 0 Å². The minimum atomic E-state index is 0.410. The molecule has 1 unspecified atom stereocenters. The quantitative estimate of drug-likeness (QED) is 0.698. The van der Waals surface area contributed by atoms with Gasteiger partial charge in [-0.3, -0.25) is 0 Å². The van der Waals surface area contributed by atoms with Crippen LogP contribution in [-0.2, 0) is 12.8 Å². The van der Waals surface area contributed by atoms with E-state index in [9.17, 15) is 0 Å². The summed E-state index contributed by atoms with van der Waals surface area (Å²) in [6.45, 7) is 7.11. The van der Waals surface area contributed by atoms with Crippen molar-refractivity contribution in [2.24, 2.45) is 11.3 Å². The molecule has 0 spiro atoms. The van der Waals surface area contributed by atoms with Crippen molar-refractivity contribution in [2.75, 3.05) is 0 Å². The highest BCUT2D eigenvalue weighted by atomic mass is 79.9. The van der Waals surface area contributed by atoms with Gasteiger partial charge in [-0.05, 0) is 58.2 Å². The number of para-hydroxylation sites is 1. The van der Waals surface area contributed by atoms with Gasteiger partial charge in [-0.2, -0.15) is 0 Å². The number of H-pyrrole nitrogens is 1. The van der Waals surface area contributed by atoms with E-state index in [0.29, 0.717) is 5.41 Å². The zero-order valence-electron chi connectivity index (χ0n) is 11.3. The summed E-state index contributed by atoms with van der Waals surface area (Å²) in [6.07, 6.45) is 3.72. The molecule has 96 valence electrons. The molecule has 1 heterocycles. The first kappa shape index (κ1) is 12.3. The normalized spacial score (nSPS) is 20.1. The van der Waals surface area contributed by atoms with Gasteiger partial charge in [0.15, 0.2) is 0 Å². The van der Waals surface area contributed by atoms with Crippen molar-refractivity contribution in [1.29, 1.82) is 0 Å². The van der Waals surface area contributed by atoms with Gasteiger partial charge in [-0.25, -0.2) is 0 Å². The Bertz CT molecular complexity index is 589. The third-order valence-electron chi connectivity index (χ3n) is 4.40. The van der Waals surface area contributed by atoms with Gasteiger partial charge in [0, 0.05) is 15.6 Å². The van der Waals surface area contributed by atoms with Crippen LogP contribution in [0.4, 0.5) is 0 Å². The highest BCUT2D eigenvalue weighted by Gasteiger charge is 2.30. The predicted octanol–water partition coefficient (Wildman–Crippen LogP) is 5.08. The molecular weight excluding hydrogens is 286 g/mol. The molecule has 2 heteroatoms. The van der Waals surface area contributed by atoms with Gasteiger partial charge in [0.05, 0.1) is 5.52 Å². The van der Waals surface area contributed by atoms with Gasteiger partial charge in [0.25, 0.3) is 0 Å².